The number of carbonyl (C=O) groups is 1. The SMILES string of the molecule is CCCCC(CC)CNC(=O)C(CC)Oc1ccccc1Cl. The summed E-state index contributed by atoms with van der Waals surface area (Å²) in [5.74, 6) is 1.04. The number of halogens is 1. The highest BCUT2D eigenvalue weighted by molar-refractivity contribution is 6.32. The largest absolute Gasteiger partial charge is 0.479 e. The van der Waals surface area contributed by atoms with Crippen LogP contribution >= 0.6 is 11.6 Å². The molecule has 4 heteroatoms. The van der Waals surface area contributed by atoms with E-state index < -0.39 is 6.10 Å². The smallest absolute Gasteiger partial charge is 0.261 e. The van der Waals surface area contributed by atoms with Crippen LogP contribution in [0.15, 0.2) is 24.3 Å². The summed E-state index contributed by atoms with van der Waals surface area (Å²) in [6.07, 6.45) is 4.77. The molecule has 0 spiro atoms. The second-order valence-electron chi connectivity index (χ2n) is 5.61. The van der Waals surface area contributed by atoms with E-state index in [-0.39, 0.29) is 5.91 Å². The molecule has 2 unspecified atom stereocenters. The average Bonchev–Trinajstić information content (AvgIpc) is 2.54. The van der Waals surface area contributed by atoms with Crippen LogP contribution in [0.1, 0.15) is 52.9 Å². The standard InChI is InChI=1S/C18H28ClNO2/c1-4-7-10-14(5-2)13-20-18(21)16(6-3)22-17-12-9-8-11-15(17)19/h8-9,11-12,14,16H,4-7,10,13H2,1-3H3,(H,20,21). The van der Waals surface area contributed by atoms with Crippen molar-refractivity contribution in [2.75, 3.05) is 6.54 Å². The molecular formula is C18H28ClNO2. The number of carbonyl (C=O) groups excluding carboxylic acids is 1. The molecule has 1 rings (SSSR count). The maximum atomic E-state index is 12.3. The van der Waals surface area contributed by atoms with Gasteiger partial charge in [-0.25, -0.2) is 0 Å². The molecule has 0 radical (unpaired) electrons. The van der Waals surface area contributed by atoms with Gasteiger partial charge in [0.15, 0.2) is 6.10 Å². The second-order valence-corrected chi connectivity index (χ2v) is 6.01. The van der Waals surface area contributed by atoms with Crippen LogP contribution in [0.25, 0.3) is 0 Å². The summed E-state index contributed by atoms with van der Waals surface area (Å²) in [5.41, 5.74) is 0. The van der Waals surface area contributed by atoms with Gasteiger partial charge < -0.3 is 10.1 Å². The zero-order chi connectivity index (χ0) is 16.4. The number of nitrogens with one attached hydrogen (secondary N) is 1. The van der Waals surface area contributed by atoms with Gasteiger partial charge in [-0.1, -0.05) is 63.8 Å². The third-order valence-corrected chi connectivity index (χ3v) is 4.19. The van der Waals surface area contributed by atoms with Crippen LogP contribution in [0.3, 0.4) is 0 Å². The van der Waals surface area contributed by atoms with E-state index in [1.54, 1.807) is 12.1 Å². The lowest BCUT2D eigenvalue weighted by Gasteiger charge is -2.20. The van der Waals surface area contributed by atoms with Crippen LogP contribution in [-0.2, 0) is 4.79 Å². The van der Waals surface area contributed by atoms with Gasteiger partial charge in [0.2, 0.25) is 0 Å². The topological polar surface area (TPSA) is 38.3 Å². The molecule has 1 N–H and O–H groups in total. The first kappa shape index (κ1) is 18.8. The normalized spacial score (nSPS) is 13.5. The molecule has 1 aromatic carbocycles. The van der Waals surface area contributed by atoms with Crippen molar-refractivity contribution in [3.8, 4) is 5.75 Å². The average molecular weight is 326 g/mol. The number of unbranched alkanes of at least 4 members (excludes halogenated alkanes) is 1. The fourth-order valence-electron chi connectivity index (χ4n) is 2.32. The Kier molecular flexibility index (Phi) is 8.98. The summed E-state index contributed by atoms with van der Waals surface area (Å²) >= 11 is 6.08. The number of ether oxygens (including phenoxy) is 1. The lowest BCUT2D eigenvalue weighted by atomic mass is 9.99. The summed E-state index contributed by atoms with van der Waals surface area (Å²) in [4.78, 5) is 12.3. The van der Waals surface area contributed by atoms with E-state index in [1.165, 1.54) is 12.8 Å². The number of amides is 1. The summed E-state index contributed by atoms with van der Waals surface area (Å²) in [7, 11) is 0. The van der Waals surface area contributed by atoms with Crippen LogP contribution in [0.5, 0.6) is 5.75 Å². The number of para-hydroxylation sites is 1. The van der Waals surface area contributed by atoms with Crippen molar-refractivity contribution < 1.29 is 9.53 Å². The molecule has 0 bridgehead atoms. The Bertz CT molecular complexity index is 450. The Hall–Kier alpha value is -1.22. The third-order valence-electron chi connectivity index (χ3n) is 3.88. The van der Waals surface area contributed by atoms with E-state index in [0.29, 0.717) is 23.1 Å². The lowest BCUT2D eigenvalue weighted by Crippen LogP contribution is -2.40. The second kappa shape index (κ2) is 10.5. The van der Waals surface area contributed by atoms with E-state index >= 15 is 0 Å². The van der Waals surface area contributed by atoms with E-state index in [4.69, 9.17) is 16.3 Å². The number of hydrogen-bond donors (Lipinski definition) is 1. The van der Waals surface area contributed by atoms with Gasteiger partial charge in [-0.3, -0.25) is 4.79 Å². The first-order valence-electron chi connectivity index (χ1n) is 8.31. The van der Waals surface area contributed by atoms with Crippen LogP contribution in [0, 0.1) is 5.92 Å². The Morgan fingerprint density at radius 1 is 1.23 bits per heavy atom. The minimum atomic E-state index is -0.497. The molecule has 0 aliphatic heterocycles. The predicted octanol–water partition coefficient (Wildman–Crippen LogP) is 4.83. The highest BCUT2D eigenvalue weighted by Crippen LogP contribution is 2.24. The van der Waals surface area contributed by atoms with E-state index in [9.17, 15) is 4.79 Å². The van der Waals surface area contributed by atoms with Gasteiger partial charge in [0, 0.05) is 6.54 Å². The van der Waals surface area contributed by atoms with Crippen LogP contribution in [-0.4, -0.2) is 18.6 Å². The van der Waals surface area contributed by atoms with Crippen molar-refractivity contribution in [3.63, 3.8) is 0 Å². The maximum absolute atomic E-state index is 12.3. The van der Waals surface area contributed by atoms with E-state index in [1.807, 2.05) is 19.1 Å². The van der Waals surface area contributed by atoms with Crippen LogP contribution in [0.2, 0.25) is 5.02 Å². The minimum absolute atomic E-state index is 0.0580. The summed E-state index contributed by atoms with van der Waals surface area (Å²) in [5, 5.41) is 3.56. The molecule has 3 nitrogen and oxygen atoms in total. The van der Waals surface area contributed by atoms with Gasteiger partial charge in [0.05, 0.1) is 5.02 Å². The predicted molar refractivity (Wildman–Crippen MR) is 92.5 cm³/mol. The zero-order valence-corrected chi connectivity index (χ0v) is 14.7. The Morgan fingerprint density at radius 3 is 2.55 bits per heavy atom. The summed E-state index contributed by atoms with van der Waals surface area (Å²) in [6, 6.07) is 7.24. The fraction of sp³-hybridized carbons (Fsp3) is 0.611. The molecule has 124 valence electrons. The molecule has 1 aromatic rings. The maximum Gasteiger partial charge on any atom is 0.261 e. The Labute approximate surface area is 139 Å². The lowest BCUT2D eigenvalue weighted by molar-refractivity contribution is -0.128. The van der Waals surface area contributed by atoms with Gasteiger partial charge in [0.1, 0.15) is 5.75 Å². The fourth-order valence-corrected chi connectivity index (χ4v) is 2.50. The van der Waals surface area contributed by atoms with Gasteiger partial charge >= 0.3 is 0 Å². The molecule has 0 aromatic heterocycles. The number of rotatable bonds is 10. The monoisotopic (exact) mass is 325 g/mol. The quantitative estimate of drug-likeness (QED) is 0.669. The molecule has 0 aliphatic carbocycles. The van der Waals surface area contributed by atoms with Gasteiger partial charge in [-0.2, -0.15) is 0 Å². The van der Waals surface area contributed by atoms with Crippen molar-refractivity contribution >= 4 is 17.5 Å². The highest BCUT2D eigenvalue weighted by atomic mass is 35.5. The van der Waals surface area contributed by atoms with Crippen LogP contribution < -0.4 is 10.1 Å². The van der Waals surface area contributed by atoms with Gasteiger partial charge in [-0.05, 0) is 30.9 Å². The first-order valence-corrected chi connectivity index (χ1v) is 8.68. The number of benzene rings is 1. The van der Waals surface area contributed by atoms with Gasteiger partial charge in [0.25, 0.3) is 5.91 Å². The molecule has 0 aliphatic rings. The highest BCUT2D eigenvalue weighted by Gasteiger charge is 2.20. The first-order chi connectivity index (χ1) is 10.6. The van der Waals surface area contributed by atoms with Crippen LogP contribution in [0.4, 0.5) is 0 Å². The molecule has 0 saturated heterocycles. The molecular weight excluding hydrogens is 298 g/mol. The molecule has 0 heterocycles. The summed E-state index contributed by atoms with van der Waals surface area (Å²) < 4.78 is 5.76. The molecule has 0 fully saturated rings. The summed E-state index contributed by atoms with van der Waals surface area (Å²) in [6.45, 7) is 7.02. The van der Waals surface area contributed by atoms with E-state index in [0.717, 1.165) is 19.4 Å². The van der Waals surface area contributed by atoms with Crippen molar-refractivity contribution in [1.82, 2.24) is 5.32 Å². The minimum Gasteiger partial charge on any atom is -0.479 e. The molecule has 1 amide bonds. The van der Waals surface area contributed by atoms with Crippen molar-refractivity contribution in [2.45, 2.75) is 59.0 Å². The Morgan fingerprint density at radius 2 is 1.95 bits per heavy atom. The molecule has 22 heavy (non-hydrogen) atoms. The number of hydrogen-bond acceptors (Lipinski definition) is 2. The van der Waals surface area contributed by atoms with Crippen molar-refractivity contribution in [2.24, 2.45) is 5.92 Å². The Balaban J connectivity index is 2.52. The van der Waals surface area contributed by atoms with E-state index in [2.05, 4.69) is 19.2 Å². The van der Waals surface area contributed by atoms with Crippen molar-refractivity contribution in [1.29, 1.82) is 0 Å². The molecule has 2 atom stereocenters. The van der Waals surface area contributed by atoms with Gasteiger partial charge in [-0.15, -0.1) is 0 Å². The molecule has 0 saturated carbocycles. The zero-order valence-electron chi connectivity index (χ0n) is 13.9. The third kappa shape index (κ3) is 6.27. The van der Waals surface area contributed by atoms with Crippen molar-refractivity contribution in [3.05, 3.63) is 29.3 Å².